The number of hydrogen-bond donors (Lipinski definition) is 2. The van der Waals surface area contributed by atoms with E-state index < -0.39 is 21.5 Å². The Labute approximate surface area is 208 Å². The van der Waals surface area contributed by atoms with E-state index in [0.29, 0.717) is 61.5 Å². The summed E-state index contributed by atoms with van der Waals surface area (Å²) < 4.78 is 36.2. The van der Waals surface area contributed by atoms with E-state index in [1.54, 1.807) is 24.3 Å². The van der Waals surface area contributed by atoms with Crippen LogP contribution in [0.5, 0.6) is 5.75 Å². The number of hydrogen-bond acceptors (Lipinski definition) is 8. The Morgan fingerprint density at radius 1 is 1.20 bits per heavy atom. The number of halogens is 1. The van der Waals surface area contributed by atoms with Crippen LogP contribution in [0.4, 0.5) is 10.5 Å². The van der Waals surface area contributed by atoms with Crippen molar-refractivity contribution >= 4 is 33.2 Å². The standard InChI is InChI=1S/C23H29ClN4O6S/c1-33-17-6-8-19(9-7-17)35(31,32)14-15-2-4-16(5-3-15)26-23(30)34-18-10-11-28(13-18)20-12-25-27-22(29)21(20)24/h6-9,12,15-16,18H,2-5,10-11,13-14H2,1H3,(H,26,30)(H,27,29)/t15-,16-,18-/m1/s1. The number of nitrogens with one attached hydrogen (secondary N) is 2. The molecule has 1 aliphatic carbocycles. The largest absolute Gasteiger partial charge is 0.497 e. The number of rotatable bonds is 7. The molecular weight excluding hydrogens is 496 g/mol. The molecule has 1 aromatic heterocycles. The van der Waals surface area contributed by atoms with E-state index in [1.165, 1.54) is 13.3 Å². The molecular formula is C23H29ClN4O6S. The number of amides is 1. The molecule has 1 aromatic carbocycles. The van der Waals surface area contributed by atoms with Gasteiger partial charge in [-0.1, -0.05) is 11.6 Å². The summed E-state index contributed by atoms with van der Waals surface area (Å²) >= 11 is 6.07. The zero-order chi connectivity index (χ0) is 25.0. The van der Waals surface area contributed by atoms with E-state index in [2.05, 4.69) is 15.5 Å². The molecule has 0 bridgehead atoms. The lowest BCUT2D eigenvalue weighted by molar-refractivity contribution is 0.102. The Morgan fingerprint density at radius 3 is 2.60 bits per heavy atom. The first kappa shape index (κ1) is 25.3. The Kier molecular flexibility index (Phi) is 7.85. The summed E-state index contributed by atoms with van der Waals surface area (Å²) in [5.74, 6) is 0.754. The van der Waals surface area contributed by atoms with Gasteiger partial charge in [-0.05, 0) is 55.9 Å². The van der Waals surface area contributed by atoms with Crippen LogP contribution in [0.15, 0.2) is 40.2 Å². The van der Waals surface area contributed by atoms with Crippen molar-refractivity contribution in [3.8, 4) is 5.75 Å². The number of anilines is 1. The van der Waals surface area contributed by atoms with Crippen LogP contribution in [-0.2, 0) is 14.6 Å². The first-order valence-corrected chi connectivity index (χ1v) is 13.6. The van der Waals surface area contributed by atoms with Crippen LogP contribution in [0.3, 0.4) is 0 Å². The highest BCUT2D eigenvalue weighted by molar-refractivity contribution is 7.91. The van der Waals surface area contributed by atoms with Crippen molar-refractivity contribution in [2.75, 3.05) is 30.9 Å². The molecule has 12 heteroatoms. The van der Waals surface area contributed by atoms with E-state index in [4.69, 9.17) is 21.1 Å². The number of sulfone groups is 1. The Hall–Kier alpha value is -2.79. The summed E-state index contributed by atoms with van der Waals surface area (Å²) in [5.41, 5.74) is 0.0588. The SMILES string of the molecule is COc1ccc(S(=O)(=O)C[C@H]2CC[C@H](NC(=O)O[C@@H]3CCN(c4cn[nH]c(=O)c4Cl)C3)CC2)cc1. The van der Waals surface area contributed by atoms with Crippen molar-refractivity contribution in [1.29, 1.82) is 0 Å². The molecule has 10 nitrogen and oxygen atoms in total. The molecule has 1 amide bonds. The number of carbonyl (C=O) groups is 1. The van der Waals surface area contributed by atoms with Crippen LogP contribution in [0.2, 0.25) is 5.02 Å². The number of aromatic amines is 1. The van der Waals surface area contributed by atoms with Crippen molar-refractivity contribution in [3.63, 3.8) is 0 Å². The van der Waals surface area contributed by atoms with Crippen molar-refractivity contribution in [2.24, 2.45) is 5.92 Å². The summed E-state index contributed by atoms with van der Waals surface area (Å²) in [6, 6.07) is 6.39. The lowest BCUT2D eigenvalue weighted by atomic mass is 9.87. The molecule has 35 heavy (non-hydrogen) atoms. The molecule has 2 aliphatic rings. The van der Waals surface area contributed by atoms with Crippen LogP contribution in [0, 0.1) is 5.92 Å². The Bertz CT molecular complexity index is 1200. The van der Waals surface area contributed by atoms with Gasteiger partial charge >= 0.3 is 6.09 Å². The molecule has 1 aliphatic heterocycles. The van der Waals surface area contributed by atoms with E-state index >= 15 is 0 Å². The molecule has 4 rings (SSSR count). The van der Waals surface area contributed by atoms with E-state index in [0.717, 1.165) is 0 Å². The van der Waals surface area contributed by atoms with Crippen LogP contribution in [0.1, 0.15) is 32.1 Å². The number of alkyl carbamates (subject to hydrolysis) is 1. The summed E-state index contributed by atoms with van der Waals surface area (Å²) in [7, 11) is -1.85. The summed E-state index contributed by atoms with van der Waals surface area (Å²) in [6.45, 7) is 1.02. The van der Waals surface area contributed by atoms with Crippen molar-refractivity contribution in [1.82, 2.24) is 15.5 Å². The van der Waals surface area contributed by atoms with Crippen molar-refractivity contribution < 1.29 is 22.7 Å². The van der Waals surface area contributed by atoms with Gasteiger partial charge in [0.15, 0.2) is 9.84 Å². The maximum atomic E-state index is 12.8. The summed E-state index contributed by atoms with van der Waals surface area (Å²) in [6.07, 6.45) is 4.12. The lowest BCUT2D eigenvalue weighted by Crippen LogP contribution is -2.40. The summed E-state index contributed by atoms with van der Waals surface area (Å²) in [4.78, 5) is 26.3. The van der Waals surface area contributed by atoms with Gasteiger partial charge in [-0.25, -0.2) is 18.3 Å². The smallest absolute Gasteiger partial charge is 0.407 e. The number of H-pyrrole nitrogens is 1. The normalized spacial score (nSPS) is 22.6. The van der Waals surface area contributed by atoms with Gasteiger partial charge in [-0.3, -0.25) is 4.79 Å². The molecule has 2 fully saturated rings. The van der Waals surface area contributed by atoms with Crippen molar-refractivity contribution in [2.45, 2.75) is 49.1 Å². The number of ether oxygens (including phenoxy) is 2. The first-order chi connectivity index (χ1) is 16.7. The van der Waals surface area contributed by atoms with Gasteiger partial charge in [0.1, 0.15) is 16.9 Å². The van der Waals surface area contributed by atoms with Crippen LogP contribution >= 0.6 is 11.6 Å². The predicted octanol–water partition coefficient (Wildman–Crippen LogP) is 2.77. The fourth-order valence-electron chi connectivity index (χ4n) is 4.65. The zero-order valence-corrected chi connectivity index (χ0v) is 21.0. The van der Waals surface area contributed by atoms with Gasteiger partial charge in [0.2, 0.25) is 0 Å². The average Bonchev–Trinajstić information content (AvgIpc) is 3.30. The number of aromatic nitrogens is 2. The number of benzene rings is 1. The van der Waals surface area contributed by atoms with Gasteiger partial charge in [0, 0.05) is 19.0 Å². The fraction of sp³-hybridized carbons (Fsp3) is 0.522. The number of methoxy groups -OCH3 is 1. The highest BCUT2D eigenvalue weighted by atomic mass is 35.5. The second-order valence-corrected chi connectivity index (χ2v) is 11.4. The molecule has 2 N–H and O–H groups in total. The van der Waals surface area contributed by atoms with Gasteiger partial charge in [0.05, 0.1) is 36.2 Å². The minimum absolute atomic E-state index is 0.0481. The lowest BCUT2D eigenvalue weighted by Gasteiger charge is -2.29. The molecule has 1 saturated heterocycles. The molecule has 2 heterocycles. The third-order valence-corrected chi connectivity index (χ3v) is 8.84. The third-order valence-electron chi connectivity index (χ3n) is 6.58. The minimum Gasteiger partial charge on any atom is -0.497 e. The third kappa shape index (κ3) is 6.26. The Morgan fingerprint density at radius 2 is 1.91 bits per heavy atom. The Balaban J connectivity index is 1.21. The second-order valence-electron chi connectivity index (χ2n) is 8.98. The molecule has 0 spiro atoms. The molecule has 2 aromatic rings. The quantitative estimate of drug-likeness (QED) is 0.565. The van der Waals surface area contributed by atoms with Gasteiger partial charge < -0.3 is 19.7 Å². The number of carbonyl (C=O) groups excluding carboxylic acids is 1. The van der Waals surface area contributed by atoms with Crippen LogP contribution < -0.4 is 20.5 Å². The van der Waals surface area contributed by atoms with E-state index in [-0.39, 0.29) is 28.8 Å². The predicted molar refractivity (Wildman–Crippen MR) is 131 cm³/mol. The van der Waals surface area contributed by atoms with Crippen LogP contribution in [0.25, 0.3) is 0 Å². The van der Waals surface area contributed by atoms with E-state index in [1.807, 2.05) is 4.90 Å². The molecule has 0 radical (unpaired) electrons. The topological polar surface area (TPSA) is 131 Å². The van der Waals surface area contributed by atoms with Gasteiger partial charge in [-0.15, -0.1) is 0 Å². The minimum atomic E-state index is -3.38. The molecule has 1 atom stereocenters. The highest BCUT2D eigenvalue weighted by Gasteiger charge is 2.30. The zero-order valence-electron chi connectivity index (χ0n) is 19.4. The monoisotopic (exact) mass is 524 g/mol. The van der Waals surface area contributed by atoms with Crippen LogP contribution in [-0.4, -0.2) is 62.8 Å². The summed E-state index contributed by atoms with van der Waals surface area (Å²) in [5, 5.41) is 9.04. The van der Waals surface area contributed by atoms with E-state index in [9.17, 15) is 18.0 Å². The second kappa shape index (κ2) is 10.9. The van der Waals surface area contributed by atoms with Gasteiger partial charge in [-0.2, -0.15) is 5.10 Å². The molecule has 0 unspecified atom stereocenters. The highest BCUT2D eigenvalue weighted by Crippen LogP contribution is 2.29. The maximum Gasteiger partial charge on any atom is 0.407 e. The fourth-order valence-corrected chi connectivity index (χ4v) is 6.56. The van der Waals surface area contributed by atoms with Crippen molar-refractivity contribution in [3.05, 3.63) is 45.8 Å². The molecule has 1 saturated carbocycles. The van der Waals surface area contributed by atoms with Gasteiger partial charge in [0.25, 0.3) is 5.56 Å². The average molecular weight is 525 g/mol. The maximum absolute atomic E-state index is 12.8. The first-order valence-electron chi connectivity index (χ1n) is 11.6. The number of nitrogens with zero attached hydrogens (tertiary/aromatic N) is 2. The molecule has 190 valence electrons.